The minimum atomic E-state index is 0.435. The molecule has 2 heteroatoms. The van der Waals surface area contributed by atoms with E-state index in [-0.39, 0.29) is 0 Å². The Labute approximate surface area is 124 Å². The summed E-state index contributed by atoms with van der Waals surface area (Å²) in [6.07, 6.45) is 2.65. The molecule has 1 saturated heterocycles. The van der Waals surface area contributed by atoms with Gasteiger partial charge in [-0.15, -0.1) is 0 Å². The van der Waals surface area contributed by atoms with Crippen molar-refractivity contribution in [3.63, 3.8) is 0 Å². The number of hydrogen-bond acceptors (Lipinski definition) is 2. The zero-order valence-electron chi connectivity index (χ0n) is 13.7. The van der Waals surface area contributed by atoms with Crippen molar-refractivity contribution in [1.29, 1.82) is 0 Å². The lowest BCUT2D eigenvalue weighted by Crippen LogP contribution is -2.41. The quantitative estimate of drug-likeness (QED) is 0.901. The van der Waals surface area contributed by atoms with Crippen LogP contribution in [0.25, 0.3) is 0 Å². The van der Waals surface area contributed by atoms with Crippen LogP contribution in [0.4, 0.5) is 0 Å². The summed E-state index contributed by atoms with van der Waals surface area (Å²) >= 11 is 0. The van der Waals surface area contributed by atoms with Crippen LogP contribution < -0.4 is 5.32 Å². The highest BCUT2D eigenvalue weighted by molar-refractivity contribution is 5.32. The fourth-order valence-electron chi connectivity index (χ4n) is 3.38. The van der Waals surface area contributed by atoms with Gasteiger partial charge in [0.25, 0.3) is 0 Å². The molecule has 0 amide bonds. The summed E-state index contributed by atoms with van der Waals surface area (Å²) in [5.74, 6) is 0.818. The highest BCUT2D eigenvalue weighted by Gasteiger charge is 2.23. The number of rotatable bonds is 4. The number of likely N-dealkylation sites (tertiary alicyclic amines) is 1. The molecule has 0 saturated carbocycles. The van der Waals surface area contributed by atoms with Crippen molar-refractivity contribution >= 4 is 0 Å². The van der Waals surface area contributed by atoms with Crippen molar-refractivity contribution in [2.75, 3.05) is 20.1 Å². The summed E-state index contributed by atoms with van der Waals surface area (Å²) in [6, 6.07) is 7.80. The van der Waals surface area contributed by atoms with Gasteiger partial charge in [0.2, 0.25) is 0 Å². The Balaban J connectivity index is 1.96. The van der Waals surface area contributed by atoms with Crippen LogP contribution in [-0.4, -0.2) is 31.1 Å². The van der Waals surface area contributed by atoms with Crippen molar-refractivity contribution < 1.29 is 0 Å². The SMILES string of the molecule is Cc1ccc(C)c(C(C)NC(C)C2CCN(C)CC2)c1. The fourth-order valence-corrected chi connectivity index (χ4v) is 3.38. The van der Waals surface area contributed by atoms with Crippen LogP contribution in [0.5, 0.6) is 0 Å². The minimum Gasteiger partial charge on any atom is -0.307 e. The van der Waals surface area contributed by atoms with Crippen LogP contribution in [0.2, 0.25) is 0 Å². The molecule has 20 heavy (non-hydrogen) atoms. The predicted molar refractivity (Wildman–Crippen MR) is 87.1 cm³/mol. The van der Waals surface area contributed by atoms with Gasteiger partial charge >= 0.3 is 0 Å². The van der Waals surface area contributed by atoms with Gasteiger partial charge < -0.3 is 10.2 Å². The summed E-state index contributed by atoms with van der Waals surface area (Å²) < 4.78 is 0. The largest absolute Gasteiger partial charge is 0.307 e. The van der Waals surface area contributed by atoms with Crippen LogP contribution in [0.1, 0.15) is 49.4 Å². The van der Waals surface area contributed by atoms with Gasteiger partial charge in [0.15, 0.2) is 0 Å². The smallest absolute Gasteiger partial charge is 0.0297 e. The molecule has 1 aliphatic rings. The molecule has 1 heterocycles. The van der Waals surface area contributed by atoms with E-state index in [4.69, 9.17) is 0 Å². The Bertz CT molecular complexity index is 433. The molecular formula is C18H30N2. The number of piperidine rings is 1. The number of hydrogen-bond donors (Lipinski definition) is 1. The van der Waals surface area contributed by atoms with E-state index in [0.29, 0.717) is 12.1 Å². The second kappa shape index (κ2) is 6.73. The molecule has 1 fully saturated rings. The van der Waals surface area contributed by atoms with Crippen LogP contribution in [0.15, 0.2) is 18.2 Å². The van der Waals surface area contributed by atoms with E-state index in [1.807, 2.05) is 0 Å². The molecule has 112 valence electrons. The Morgan fingerprint density at radius 2 is 1.80 bits per heavy atom. The van der Waals surface area contributed by atoms with Gasteiger partial charge in [-0.1, -0.05) is 23.8 Å². The first kappa shape index (κ1) is 15.5. The predicted octanol–water partition coefficient (Wildman–Crippen LogP) is 3.68. The van der Waals surface area contributed by atoms with Gasteiger partial charge in [0.1, 0.15) is 0 Å². The van der Waals surface area contributed by atoms with E-state index in [9.17, 15) is 0 Å². The average molecular weight is 274 g/mol. The van der Waals surface area contributed by atoms with Crippen LogP contribution in [0.3, 0.4) is 0 Å². The van der Waals surface area contributed by atoms with E-state index in [1.165, 1.54) is 42.6 Å². The molecule has 2 unspecified atom stereocenters. The maximum Gasteiger partial charge on any atom is 0.0297 e. The first-order valence-corrected chi connectivity index (χ1v) is 7.99. The van der Waals surface area contributed by atoms with Crippen LogP contribution >= 0.6 is 0 Å². The van der Waals surface area contributed by atoms with Crippen molar-refractivity contribution in [3.05, 3.63) is 34.9 Å². The molecular weight excluding hydrogens is 244 g/mol. The number of nitrogens with zero attached hydrogens (tertiary/aromatic N) is 1. The lowest BCUT2D eigenvalue weighted by Gasteiger charge is -2.34. The fraction of sp³-hybridized carbons (Fsp3) is 0.667. The molecule has 0 radical (unpaired) electrons. The third kappa shape index (κ3) is 3.83. The molecule has 0 bridgehead atoms. The number of benzene rings is 1. The van der Waals surface area contributed by atoms with E-state index in [2.05, 4.69) is 63.2 Å². The Hall–Kier alpha value is -0.860. The van der Waals surface area contributed by atoms with Gasteiger partial charge in [0, 0.05) is 12.1 Å². The van der Waals surface area contributed by atoms with Crippen LogP contribution in [-0.2, 0) is 0 Å². The lowest BCUT2D eigenvalue weighted by atomic mass is 9.89. The number of aryl methyl sites for hydroxylation is 2. The van der Waals surface area contributed by atoms with Gasteiger partial charge in [-0.2, -0.15) is 0 Å². The summed E-state index contributed by atoms with van der Waals surface area (Å²) in [5.41, 5.74) is 4.20. The van der Waals surface area contributed by atoms with Gasteiger partial charge in [-0.3, -0.25) is 0 Å². The van der Waals surface area contributed by atoms with Gasteiger partial charge in [-0.25, -0.2) is 0 Å². The molecule has 1 aromatic carbocycles. The standard InChI is InChI=1S/C18H30N2/c1-13-6-7-14(2)18(12-13)16(4)19-15(3)17-8-10-20(5)11-9-17/h6-7,12,15-17,19H,8-11H2,1-5H3. The second-order valence-electron chi connectivity index (χ2n) is 6.68. The molecule has 2 nitrogen and oxygen atoms in total. The topological polar surface area (TPSA) is 15.3 Å². The highest BCUT2D eigenvalue weighted by Crippen LogP contribution is 2.24. The second-order valence-corrected chi connectivity index (χ2v) is 6.68. The molecule has 2 rings (SSSR count). The Morgan fingerprint density at radius 3 is 2.45 bits per heavy atom. The summed E-state index contributed by atoms with van der Waals surface area (Å²) in [6.45, 7) is 11.5. The zero-order valence-corrected chi connectivity index (χ0v) is 13.7. The van der Waals surface area contributed by atoms with E-state index < -0.39 is 0 Å². The third-order valence-electron chi connectivity index (χ3n) is 4.88. The first-order valence-electron chi connectivity index (χ1n) is 7.99. The molecule has 1 aliphatic heterocycles. The summed E-state index contributed by atoms with van der Waals surface area (Å²) in [4.78, 5) is 2.44. The number of nitrogens with one attached hydrogen (secondary N) is 1. The van der Waals surface area contributed by atoms with Crippen molar-refractivity contribution in [1.82, 2.24) is 10.2 Å². The monoisotopic (exact) mass is 274 g/mol. The Morgan fingerprint density at radius 1 is 1.15 bits per heavy atom. The minimum absolute atomic E-state index is 0.435. The van der Waals surface area contributed by atoms with Gasteiger partial charge in [-0.05, 0) is 77.7 Å². The van der Waals surface area contributed by atoms with E-state index in [1.54, 1.807) is 0 Å². The first-order chi connectivity index (χ1) is 9.47. The molecule has 0 aliphatic carbocycles. The molecule has 1 N–H and O–H groups in total. The molecule has 0 spiro atoms. The average Bonchev–Trinajstić information content (AvgIpc) is 2.42. The highest BCUT2D eigenvalue weighted by atomic mass is 15.1. The zero-order chi connectivity index (χ0) is 14.7. The van der Waals surface area contributed by atoms with Crippen molar-refractivity contribution in [2.45, 2.75) is 52.6 Å². The molecule has 1 aromatic rings. The Kier molecular flexibility index (Phi) is 5.22. The normalized spacial score (nSPS) is 20.9. The maximum atomic E-state index is 3.83. The third-order valence-corrected chi connectivity index (χ3v) is 4.88. The molecule has 2 atom stereocenters. The summed E-state index contributed by atoms with van der Waals surface area (Å²) in [5, 5.41) is 3.83. The van der Waals surface area contributed by atoms with E-state index >= 15 is 0 Å². The lowest BCUT2D eigenvalue weighted by molar-refractivity contribution is 0.185. The van der Waals surface area contributed by atoms with Crippen LogP contribution in [0, 0.1) is 19.8 Å². The van der Waals surface area contributed by atoms with E-state index in [0.717, 1.165) is 5.92 Å². The van der Waals surface area contributed by atoms with Crippen molar-refractivity contribution in [2.24, 2.45) is 5.92 Å². The van der Waals surface area contributed by atoms with Gasteiger partial charge in [0.05, 0.1) is 0 Å². The van der Waals surface area contributed by atoms with Crippen molar-refractivity contribution in [3.8, 4) is 0 Å². The maximum absolute atomic E-state index is 3.83. The summed E-state index contributed by atoms with van der Waals surface area (Å²) in [7, 11) is 2.23. The molecule has 0 aromatic heterocycles.